The summed E-state index contributed by atoms with van der Waals surface area (Å²) in [6, 6.07) is 20.9. The molecule has 3 heterocycles. The van der Waals surface area contributed by atoms with Crippen LogP contribution in [0.15, 0.2) is 66.7 Å². The van der Waals surface area contributed by atoms with Gasteiger partial charge in [-0.05, 0) is 49.7 Å². The minimum atomic E-state index is -1.12. The highest BCUT2D eigenvalue weighted by Crippen LogP contribution is 2.60. The predicted molar refractivity (Wildman–Crippen MR) is 128 cm³/mol. The van der Waals surface area contributed by atoms with Crippen molar-refractivity contribution in [2.24, 2.45) is 5.92 Å². The summed E-state index contributed by atoms with van der Waals surface area (Å²) in [5.41, 5.74) is 2.81. The van der Waals surface area contributed by atoms with E-state index >= 15 is 0 Å². The van der Waals surface area contributed by atoms with Gasteiger partial charge in [-0.15, -0.1) is 0 Å². The fourth-order valence-corrected chi connectivity index (χ4v) is 6.13. The Morgan fingerprint density at radius 1 is 1.06 bits per heavy atom. The number of amides is 2. The zero-order valence-electron chi connectivity index (χ0n) is 19.4. The van der Waals surface area contributed by atoms with Gasteiger partial charge in [0.2, 0.25) is 0 Å². The molecule has 4 atom stereocenters. The molecule has 0 aliphatic carbocycles. The van der Waals surface area contributed by atoms with E-state index in [9.17, 15) is 9.59 Å². The molecule has 3 aliphatic rings. The quantitative estimate of drug-likeness (QED) is 0.609. The Morgan fingerprint density at radius 2 is 1.85 bits per heavy atom. The molecule has 0 unspecified atom stereocenters. The number of hydrogen-bond acceptors (Lipinski definition) is 4. The molecule has 172 valence electrons. The standard InChI is InChI=1S/C28H26N2O4/c1-16-9-11-22-19(13-16)26(31)30-25-20-14-18(33-3)10-12-23(20)34-15-21(25)24(17-7-5-4-6-8-17)28(30,2)27(32)29-22/h4-14,21,24-25H,15H2,1-3H3,(H,29,32)/t21-,24+,25-,28-/m1/s1. The molecule has 0 spiro atoms. The molecule has 2 amide bonds. The third kappa shape index (κ3) is 2.74. The number of carbonyl (C=O) groups is 2. The molecule has 6 rings (SSSR count). The Bertz CT molecular complexity index is 1320. The maximum Gasteiger partial charge on any atom is 0.257 e. The summed E-state index contributed by atoms with van der Waals surface area (Å²) in [6.45, 7) is 4.26. The lowest BCUT2D eigenvalue weighted by atomic mass is 9.73. The average Bonchev–Trinajstić information content (AvgIpc) is 3.10. The molecule has 3 aliphatic heterocycles. The molecular weight excluding hydrogens is 428 g/mol. The summed E-state index contributed by atoms with van der Waals surface area (Å²) in [5.74, 6) is 0.723. The van der Waals surface area contributed by atoms with Crippen LogP contribution in [0.25, 0.3) is 0 Å². The van der Waals surface area contributed by atoms with Crippen LogP contribution in [0.3, 0.4) is 0 Å². The van der Waals surface area contributed by atoms with Gasteiger partial charge >= 0.3 is 0 Å². The fraction of sp³-hybridized carbons (Fsp3) is 0.286. The van der Waals surface area contributed by atoms with Gasteiger partial charge in [-0.3, -0.25) is 9.59 Å². The zero-order valence-corrected chi connectivity index (χ0v) is 19.4. The molecule has 1 saturated heterocycles. The van der Waals surface area contributed by atoms with E-state index in [1.165, 1.54) is 0 Å². The summed E-state index contributed by atoms with van der Waals surface area (Å²) >= 11 is 0. The number of nitrogens with zero attached hydrogens (tertiary/aromatic N) is 1. The zero-order chi connectivity index (χ0) is 23.6. The normalized spacial score (nSPS) is 26.9. The molecule has 0 aromatic heterocycles. The highest BCUT2D eigenvalue weighted by atomic mass is 16.5. The first kappa shape index (κ1) is 20.8. The van der Waals surface area contributed by atoms with Gasteiger partial charge in [0.15, 0.2) is 0 Å². The van der Waals surface area contributed by atoms with Crippen LogP contribution in [0.5, 0.6) is 11.5 Å². The number of carbonyl (C=O) groups excluding carboxylic acids is 2. The Morgan fingerprint density at radius 3 is 2.62 bits per heavy atom. The molecule has 3 aromatic rings. The summed E-state index contributed by atoms with van der Waals surface area (Å²) in [4.78, 5) is 30.1. The lowest BCUT2D eigenvalue weighted by Crippen LogP contribution is -2.54. The minimum Gasteiger partial charge on any atom is -0.497 e. The van der Waals surface area contributed by atoms with Crippen molar-refractivity contribution in [1.29, 1.82) is 0 Å². The molecule has 1 fully saturated rings. The van der Waals surface area contributed by atoms with Crippen molar-refractivity contribution in [2.45, 2.75) is 31.3 Å². The summed E-state index contributed by atoms with van der Waals surface area (Å²) in [7, 11) is 1.62. The Balaban J connectivity index is 1.63. The molecular formula is C28H26N2O4. The first-order valence-corrected chi connectivity index (χ1v) is 11.5. The van der Waals surface area contributed by atoms with Crippen molar-refractivity contribution in [3.05, 3.63) is 89.0 Å². The number of rotatable bonds is 2. The first-order chi connectivity index (χ1) is 16.4. The van der Waals surface area contributed by atoms with Crippen LogP contribution in [0, 0.1) is 12.8 Å². The van der Waals surface area contributed by atoms with E-state index in [1.54, 1.807) is 7.11 Å². The average molecular weight is 455 g/mol. The van der Waals surface area contributed by atoms with Gasteiger partial charge in [0.25, 0.3) is 11.8 Å². The molecule has 3 aromatic carbocycles. The van der Waals surface area contributed by atoms with Crippen molar-refractivity contribution < 1.29 is 19.1 Å². The molecule has 0 bridgehead atoms. The van der Waals surface area contributed by atoms with Gasteiger partial charge in [-0.2, -0.15) is 0 Å². The van der Waals surface area contributed by atoms with E-state index in [0.29, 0.717) is 23.6 Å². The van der Waals surface area contributed by atoms with Crippen molar-refractivity contribution in [3.63, 3.8) is 0 Å². The van der Waals surface area contributed by atoms with Gasteiger partial charge in [0.1, 0.15) is 17.0 Å². The second-order valence-corrected chi connectivity index (χ2v) is 9.54. The molecule has 0 radical (unpaired) electrons. The minimum absolute atomic E-state index is 0.104. The number of methoxy groups -OCH3 is 1. The van der Waals surface area contributed by atoms with E-state index in [-0.39, 0.29) is 29.7 Å². The second-order valence-electron chi connectivity index (χ2n) is 9.54. The first-order valence-electron chi connectivity index (χ1n) is 11.5. The summed E-state index contributed by atoms with van der Waals surface area (Å²) in [5, 5.41) is 3.08. The third-order valence-electron chi connectivity index (χ3n) is 7.68. The van der Waals surface area contributed by atoms with Crippen LogP contribution in [0.4, 0.5) is 5.69 Å². The van der Waals surface area contributed by atoms with Gasteiger partial charge in [0, 0.05) is 17.4 Å². The Labute approximate surface area is 198 Å². The van der Waals surface area contributed by atoms with Crippen molar-refractivity contribution in [3.8, 4) is 11.5 Å². The number of ether oxygens (including phenoxy) is 2. The highest BCUT2D eigenvalue weighted by molar-refractivity contribution is 6.12. The number of benzene rings is 3. The third-order valence-corrected chi connectivity index (χ3v) is 7.68. The van der Waals surface area contributed by atoms with Gasteiger partial charge in [-0.1, -0.05) is 42.0 Å². The second kappa shape index (κ2) is 7.35. The van der Waals surface area contributed by atoms with Crippen molar-refractivity contribution in [2.75, 3.05) is 19.0 Å². The number of hydrogen-bond donors (Lipinski definition) is 1. The van der Waals surface area contributed by atoms with Crippen LogP contribution < -0.4 is 14.8 Å². The molecule has 6 nitrogen and oxygen atoms in total. The van der Waals surface area contributed by atoms with Crippen LogP contribution in [0.1, 0.15) is 45.9 Å². The maximum absolute atomic E-state index is 14.3. The van der Waals surface area contributed by atoms with Gasteiger partial charge in [0.05, 0.1) is 31.0 Å². The SMILES string of the molecule is COc1ccc2c(c1)[C@@H]1[C@H](CO2)[C@H](c2ccccc2)[C@]2(C)C(=O)Nc3ccc(C)cc3C(=O)N12. The van der Waals surface area contributed by atoms with Crippen LogP contribution >= 0.6 is 0 Å². The van der Waals surface area contributed by atoms with Gasteiger partial charge < -0.3 is 19.7 Å². The van der Waals surface area contributed by atoms with E-state index in [0.717, 1.165) is 22.4 Å². The lowest BCUT2D eigenvalue weighted by Gasteiger charge is -2.38. The van der Waals surface area contributed by atoms with Crippen LogP contribution in [-0.4, -0.2) is 36.0 Å². The topological polar surface area (TPSA) is 67.9 Å². The van der Waals surface area contributed by atoms with Crippen LogP contribution in [0.2, 0.25) is 0 Å². The summed E-state index contributed by atoms with van der Waals surface area (Å²) < 4.78 is 11.7. The van der Waals surface area contributed by atoms with Crippen molar-refractivity contribution in [1.82, 2.24) is 4.90 Å². The highest BCUT2D eigenvalue weighted by Gasteiger charge is 2.65. The molecule has 6 heteroatoms. The largest absolute Gasteiger partial charge is 0.497 e. The van der Waals surface area contributed by atoms with Crippen molar-refractivity contribution >= 4 is 17.5 Å². The van der Waals surface area contributed by atoms with E-state index in [1.807, 2.05) is 85.5 Å². The van der Waals surface area contributed by atoms with Gasteiger partial charge in [-0.25, -0.2) is 0 Å². The van der Waals surface area contributed by atoms with Crippen LogP contribution in [-0.2, 0) is 4.79 Å². The van der Waals surface area contributed by atoms with E-state index < -0.39 is 5.54 Å². The molecule has 1 N–H and O–H groups in total. The van der Waals surface area contributed by atoms with E-state index in [4.69, 9.17) is 9.47 Å². The molecule has 0 saturated carbocycles. The maximum atomic E-state index is 14.3. The smallest absolute Gasteiger partial charge is 0.257 e. The number of nitrogens with one attached hydrogen (secondary N) is 1. The Hall–Kier alpha value is -3.80. The summed E-state index contributed by atoms with van der Waals surface area (Å²) in [6.07, 6.45) is 0. The predicted octanol–water partition coefficient (Wildman–Crippen LogP) is 4.70. The number of fused-ring (bicyclic) bond motifs is 6. The lowest BCUT2D eigenvalue weighted by molar-refractivity contribution is -0.125. The number of aryl methyl sites for hydroxylation is 1. The fourth-order valence-electron chi connectivity index (χ4n) is 6.13. The Kier molecular flexibility index (Phi) is 4.49. The number of anilines is 1. The monoisotopic (exact) mass is 454 g/mol. The molecule has 34 heavy (non-hydrogen) atoms. The van der Waals surface area contributed by atoms with E-state index in [2.05, 4.69) is 5.32 Å².